The van der Waals surface area contributed by atoms with Crippen LogP contribution < -0.4 is 5.32 Å². The van der Waals surface area contributed by atoms with E-state index in [0.29, 0.717) is 17.0 Å². The average Bonchev–Trinajstić information content (AvgIpc) is 2.78. The number of benzene rings is 2. The summed E-state index contributed by atoms with van der Waals surface area (Å²) >= 11 is 12.2. The van der Waals surface area contributed by atoms with Crippen molar-refractivity contribution >= 4 is 35.0 Å². The van der Waals surface area contributed by atoms with Crippen molar-refractivity contribution in [3.8, 4) is 0 Å². The highest BCUT2D eigenvalue weighted by atomic mass is 35.5. The van der Waals surface area contributed by atoms with Crippen molar-refractivity contribution < 1.29 is 14.0 Å². The number of carbonyl (C=O) groups is 2. The van der Waals surface area contributed by atoms with E-state index in [4.69, 9.17) is 23.2 Å². The third kappa shape index (κ3) is 6.44. The van der Waals surface area contributed by atoms with Gasteiger partial charge >= 0.3 is 0 Å². The number of carbonyl (C=O) groups excluding carboxylic acids is 2. The molecule has 2 aromatic carbocycles. The zero-order valence-corrected chi connectivity index (χ0v) is 18.8. The van der Waals surface area contributed by atoms with E-state index in [-0.39, 0.29) is 30.3 Å². The number of rotatable bonds is 8. The smallest absolute Gasteiger partial charge is 0.247 e. The monoisotopic (exact) mass is 464 g/mol. The molecule has 2 aromatic rings. The van der Waals surface area contributed by atoms with Gasteiger partial charge < -0.3 is 10.2 Å². The first-order valence-electron chi connectivity index (χ1n) is 10.6. The van der Waals surface area contributed by atoms with Crippen molar-refractivity contribution in [1.82, 2.24) is 10.2 Å². The SMILES string of the molecule is O=C(NC1CCCCC1)C(c1ccc(F)cc1)N(CCc1ccccc1Cl)C(=O)CCl. The van der Waals surface area contributed by atoms with E-state index >= 15 is 0 Å². The van der Waals surface area contributed by atoms with E-state index in [1.165, 1.54) is 23.5 Å². The summed E-state index contributed by atoms with van der Waals surface area (Å²) in [6.45, 7) is 0.259. The molecule has 0 aromatic heterocycles. The normalized spacial score (nSPS) is 15.3. The van der Waals surface area contributed by atoms with Gasteiger partial charge in [-0.2, -0.15) is 0 Å². The second-order valence-electron chi connectivity index (χ2n) is 7.86. The molecule has 1 saturated carbocycles. The quantitative estimate of drug-likeness (QED) is 0.540. The number of alkyl halides is 1. The maximum atomic E-state index is 13.5. The lowest BCUT2D eigenvalue weighted by atomic mass is 9.94. The molecule has 0 spiro atoms. The molecule has 4 nitrogen and oxygen atoms in total. The Kier molecular flexibility index (Phi) is 8.73. The molecule has 0 aliphatic heterocycles. The lowest BCUT2D eigenvalue weighted by Gasteiger charge is -2.33. The number of halogens is 3. The molecule has 0 saturated heterocycles. The van der Waals surface area contributed by atoms with Gasteiger partial charge in [-0.25, -0.2) is 4.39 Å². The van der Waals surface area contributed by atoms with Gasteiger partial charge in [0.15, 0.2) is 0 Å². The van der Waals surface area contributed by atoms with Crippen LogP contribution >= 0.6 is 23.2 Å². The van der Waals surface area contributed by atoms with Crippen LogP contribution in [0, 0.1) is 5.82 Å². The Balaban J connectivity index is 1.88. The lowest BCUT2D eigenvalue weighted by molar-refractivity contribution is -0.139. The summed E-state index contributed by atoms with van der Waals surface area (Å²) in [5.41, 5.74) is 1.43. The first-order valence-corrected chi connectivity index (χ1v) is 11.6. The average molecular weight is 465 g/mol. The number of nitrogens with zero attached hydrogens (tertiary/aromatic N) is 1. The minimum Gasteiger partial charge on any atom is -0.351 e. The van der Waals surface area contributed by atoms with Crippen LogP contribution in [0.4, 0.5) is 4.39 Å². The van der Waals surface area contributed by atoms with E-state index in [9.17, 15) is 14.0 Å². The lowest BCUT2D eigenvalue weighted by Crippen LogP contribution is -2.48. The summed E-state index contributed by atoms with van der Waals surface area (Å²) < 4.78 is 13.5. The maximum absolute atomic E-state index is 13.5. The molecule has 7 heteroatoms. The Bertz CT molecular complexity index is 885. The van der Waals surface area contributed by atoms with E-state index in [0.717, 1.165) is 31.2 Å². The van der Waals surface area contributed by atoms with Gasteiger partial charge in [-0.15, -0.1) is 11.6 Å². The zero-order valence-electron chi connectivity index (χ0n) is 17.3. The molecule has 0 heterocycles. The van der Waals surface area contributed by atoms with Gasteiger partial charge in [0.25, 0.3) is 0 Å². The fourth-order valence-corrected chi connectivity index (χ4v) is 4.45. The highest BCUT2D eigenvalue weighted by Gasteiger charge is 2.32. The molecule has 2 amide bonds. The van der Waals surface area contributed by atoms with Crippen molar-refractivity contribution in [2.45, 2.75) is 50.6 Å². The Labute approximate surface area is 192 Å². The second-order valence-corrected chi connectivity index (χ2v) is 8.53. The summed E-state index contributed by atoms with van der Waals surface area (Å²) in [5, 5.41) is 3.71. The Morgan fingerprint density at radius 2 is 1.74 bits per heavy atom. The molecule has 0 bridgehead atoms. The van der Waals surface area contributed by atoms with Crippen LogP contribution in [-0.4, -0.2) is 35.2 Å². The summed E-state index contributed by atoms with van der Waals surface area (Å²) in [4.78, 5) is 27.6. The molecule has 3 rings (SSSR count). The number of amides is 2. The van der Waals surface area contributed by atoms with Gasteiger partial charge in [0.05, 0.1) is 0 Å². The van der Waals surface area contributed by atoms with Crippen molar-refractivity contribution in [3.05, 3.63) is 70.5 Å². The predicted molar refractivity (Wildman–Crippen MR) is 122 cm³/mol. The molecule has 1 fully saturated rings. The molecule has 1 unspecified atom stereocenters. The van der Waals surface area contributed by atoms with Crippen LogP contribution in [0.3, 0.4) is 0 Å². The summed E-state index contributed by atoms with van der Waals surface area (Å²) in [7, 11) is 0. The van der Waals surface area contributed by atoms with E-state index in [1.807, 2.05) is 18.2 Å². The van der Waals surface area contributed by atoms with Crippen LogP contribution in [0.2, 0.25) is 5.02 Å². The third-order valence-electron chi connectivity index (χ3n) is 5.71. The van der Waals surface area contributed by atoms with Gasteiger partial charge in [0, 0.05) is 17.6 Å². The molecule has 1 aliphatic carbocycles. The van der Waals surface area contributed by atoms with E-state index < -0.39 is 11.9 Å². The van der Waals surface area contributed by atoms with Crippen molar-refractivity contribution in [3.63, 3.8) is 0 Å². The predicted octanol–water partition coefficient (Wildman–Crippen LogP) is 5.28. The Hall–Kier alpha value is -2.11. The molecule has 1 atom stereocenters. The van der Waals surface area contributed by atoms with Crippen LogP contribution in [0.5, 0.6) is 0 Å². The molecular weight excluding hydrogens is 438 g/mol. The molecular formula is C24H27Cl2FN2O2. The Morgan fingerprint density at radius 1 is 1.06 bits per heavy atom. The molecule has 0 radical (unpaired) electrons. The number of hydrogen-bond donors (Lipinski definition) is 1. The summed E-state index contributed by atoms with van der Waals surface area (Å²) in [6, 6.07) is 12.3. The molecule has 1 aliphatic rings. The van der Waals surface area contributed by atoms with Crippen molar-refractivity contribution in [2.24, 2.45) is 0 Å². The third-order valence-corrected chi connectivity index (χ3v) is 6.31. The van der Waals surface area contributed by atoms with E-state index in [2.05, 4.69) is 5.32 Å². The summed E-state index contributed by atoms with van der Waals surface area (Å²) in [5.74, 6) is -1.28. The van der Waals surface area contributed by atoms with Gasteiger partial charge in [-0.1, -0.05) is 61.2 Å². The van der Waals surface area contributed by atoms with Gasteiger partial charge in [0.1, 0.15) is 17.7 Å². The molecule has 166 valence electrons. The van der Waals surface area contributed by atoms with Gasteiger partial charge in [-0.05, 0) is 48.6 Å². The number of hydrogen-bond acceptors (Lipinski definition) is 2. The zero-order chi connectivity index (χ0) is 22.2. The minimum atomic E-state index is -0.892. The second kappa shape index (κ2) is 11.5. The highest BCUT2D eigenvalue weighted by Crippen LogP contribution is 2.26. The van der Waals surface area contributed by atoms with Crippen molar-refractivity contribution in [1.29, 1.82) is 0 Å². The fraction of sp³-hybridized carbons (Fsp3) is 0.417. The first kappa shape index (κ1) is 23.6. The van der Waals surface area contributed by atoms with Crippen LogP contribution in [0.15, 0.2) is 48.5 Å². The minimum absolute atomic E-state index is 0.0840. The van der Waals surface area contributed by atoms with Crippen molar-refractivity contribution in [2.75, 3.05) is 12.4 Å². The first-order chi connectivity index (χ1) is 15.0. The molecule has 31 heavy (non-hydrogen) atoms. The fourth-order valence-electron chi connectivity index (χ4n) is 4.06. The van der Waals surface area contributed by atoms with E-state index in [1.54, 1.807) is 18.2 Å². The van der Waals surface area contributed by atoms with Crippen LogP contribution in [0.1, 0.15) is 49.3 Å². The largest absolute Gasteiger partial charge is 0.351 e. The molecule has 1 N–H and O–H groups in total. The number of nitrogens with one attached hydrogen (secondary N) is 1. The van der Waals surface area contributed by atoms with Gasteiger partial charge in [0.2, 0.25) is 11.8 Å². The summed E-state index contributed by atoms with van der Waals surface area (Å²) in [6.07, 6.45) is 5.63. The van der Waals surface area contributed by atoms with Crippen LogP contribution in [0.25, 0.3) is 0 Å². The van der Waals surface area contributed by atoms with Crippen LogP contribution in [-0.2, 0) is 16.0 Å². The Morgan fingerprint density at radius 3 is 2.39 bits per heavy atom. The highest BCUT2D eigenvalue weighted by molar-refractivity contribution is 6.31. The maximum Gasteiger partial charge on any atom is 0.247 e. The standard InChI is InChI=1S/C24H27Cl2FN2O2/c25-16-22(30)29(15-14-17-6-4-5-9-21(17)26)23(18-10-12-19(27)13-11-18)24(31)28-20-7-2-1-3-8-20/h4-6,9-13,20,23H,1-3,7-8,14-16H2,(H,28,31). The van der Waals surface area contributed by atoms with Gasteiger partial charge in [-0.3, -0.25) is 9.59 Å². The topological polar surface area (TPSA) is 49.4 Å².